The number of carbonyl (C=O) groups is 1. The molecule has 1 aromatic rings. The molecule has 0 bridgehead atoms. The molecule has 1 fully saturated rings. The van der Waals surface area contributed by atoms with Gasteiger partial charge in [0.25, 0.3) is 0 Å². The van der Waals surface area contributed by atoms with Crippen LogP contribution in [-0.4, -0.2) is 31.1 Å². The maximum atomic E-state index is 10.7. The number of anilines is 1. The molecule has 0 radical (unpaired) electrons. The number of hydrogen-bond donors (Lipinski definition) is 1. The lowest BCUT2D eigenvalue weighted by molar-refractivity contribution is 0.112. The van der Waals surface area contributed by atoms with E-state index in [1.807, 2.05) is 18.2 Å². The van der Waals surface area contributed by atoms with Gasteiger partial charge >= 0.3 is 0 Å². The third kappa shape index (κ3) is 3.12. The molecule has 18 heavy (non-hydrogen) atoms. The Balaban J connectivity index is 2.13. The summed E-state index contributed by atoms with van der Waals surface area (Å²) in [5.41, 5.74) is 1.83. The Morgan fingerprint density at radius 3 is 3.00 bits per heavy atom. The molecule has 3 nitrogen and oxygen atoms in total. The topological polar surface area (TPSA) is 40.5 Å². The third-order valence-corrected chi connectivity index (χ3v) is 4.14. The van der Waals surface area contributed by atoms with E-state index < -0.39 is 0 Å². The van der Waals surface area contributed by atoms with E-state index in [0.29, 0.717) is 11.5 Å². The average Bonchev–Trinajstić information content (AvgIpc) is 2.39. The zero-order valence-corrected chi connectivity index (χ0v) is 11.9. The van der Waals surface area contributed by atoms with Crippen molar-refractivity contribution in [1.29, 1.82) is 0 Å². The molecule has 1 unspecified atom stereocenters. The fourth-order valence-electron chi connectivity index (χ4n) is 2.55. The molecule has 1 aliphatic heterocycles. The molecule has 1 N–H and O–H groups in total. The largest absolute Gasteiger partial charge is 0.396 e. The molecule has 1 aliphatic rings. The number of halogens is 1. The van der Waals surface area contributed by atoms with Gasteiger partial charge in [-0.1, -0.05) is 0 Å². The van der Waals surface area contributed by atoms with E-state index in [1.165, 1.54) is 6.42 Å². The summed E-state index contributed by atoms with van der Waals surface area (Å²) in [6.45, 7) is 2.30. The summed E-state index contributed by atoms with van der Waals surface area (Å²) >= 11 is 3.53. The molecular weight excluding hydrogens is 294 g/mol. The third-order valence-electron chi connectivity index (χ3n) is 3.50. The van der Waals surface area contributed by atoms with Crippen molar-refractivity contribution in [2.75, 3.05) is 24.6 Å². The van der Waals surface area contributed by atoms with Crippen molar-refractivity contribution in [3.05, 3.63) is 28.2 Å². The standard InChI is InChI=1S/C14H18BrNO2/c15-13-8-12(10-18)3-4-14(13)16-6-1-2-11(9-16)5-7-17/h3-4,8,10-11,17H,1-2,5-7,9H2. The highest BCUT2D eigenvalue weighted by molar-refractivity contribution is 9.10. The summed E-state index contributed by atoms with van der Waals surface area (Å²) in [5, 5.41) is 9.03. The molecule has 1 aromatic carbocycles. The number of nitrogens with zero attached hydrogens (tertiary/aromatic N) is 1. The van der Waals surface area contributed by atoms with Gasteiger partial charge in [0.2, 0.25) is 0 Å². The molecule has 1 atom stereocenters. The van der Waals surface area contributed by atoms with Crippen molar-refractivity contribution in [3.63, 3.8) is 0 Å². The first-order valence-electron chi connectivity index (χ1n) is 6.35. The quantitative estimate of drug-likeness (QED) is 0.869. The maximum Gasteiger partial charge on any atom is 0.150 e. The number of aldehydes is 1. The van der Waals surface area contributed by atoms with E-state index in [-0.39, 0.29) is 6.61 Å². The Bertz CT molecular complexity index is 420. The van der Waals surface area contributed by atoms with Crippen LogP contribution in [0.2, 0.25) is 0 Å². The van der Waals surface area contributed by atoms with Gasteiger partial charge < -0.3 is 10.0 Å². The molecule has 1 saturated heterocycles. The van der Waals surface area contributed by atoms with Gasteiger partial charge in [-0.05, 0) is 59.3 Å². The molecule has 0 aromatic heterocycles. The van der Waals surface area contributed by atoms with Gasteiger partial charge in [-0.3, -0.25) is 4.79 Å². The van der Waals surface area contributed by atoms with E-state index in [1.54, 1.807) is 0 Å². The van der Waals surface area contributed by atoms with E-state index in [9.17, 15) is 4.79 Å². The summed E-state index contributed by atoms with van der Waals surface area (Å²) in [7, 11) is 0. The van der Waals surface area contributed by atoms with E-state index in [4.69, 9.17) is 5.11 Å². The van der Waals surface area contributed by atoms with Gasteiger partial charge in [0.05, 0.1) is 5.69 Å². The second-order valence-corrected chi connectivity index (χ2v) is 5.65. The molecular formula is C14H18BrNO2. The second kappa shape index (κ2) is 6.34. The lowest BCUT2D eigenvalue weighted by Gasteiger charge is -2.35. The molecule has 98 valence electrons. The molecule has 0 amide bonds. The summed E-state index contributed by atoms with van der Waals surface area (Å²) < 4.78 is 0.969. The average molecular weight is 312 g/mol. The van der Waals surface area contributed by atoms with Crippen molar-refractivity contribution >= 4 is 27.9 Å². The van der Waals surface area contributed by atoms with Crippen molar-refractivity contribution in [3.8, 4) is 0 Å². The van der Waals surface area contributed by atoms with Gasteiger partial charge in [-0.2, -0.15) is 0 Å². The minimum atomic E-state index is 0.268. The Hall–Kier alpha value is -0.870. The molecule has 0 spiro atoms. The first kappa shape index (κ1) is 13.6. The van der Waals surface area contributed by atoms with Crippen LogP contribution in [0.1, 0.15) is 29.6 Å². The Kier molecular flexibility index (Phi) is 4.78. The van der Waals surface area contributed by atoms with Crippen LogP contribution in [0.15, 0.2) is 22.7 Å². The number of aliphatic hydroxyl groups excluding tert-OH is 1. The minimum Gasteiger partial charge on any atom is -0.396 e. The van der Waals surface area contributed by atoms with Crippen molar-refractivity contribution in [1.82, 2.24) is 0 Å². The molecule has 4 heteroatoms. The number of hydrogen-bond acceptors (Lipinski definition) is 3. The van der Waals surface area contributed by atoms with Crippen molar-refractivity contribution in [2.45, 2.75) is 19.3 Å². The zero-order chi connectivity index (χ0) is 13.0. The van der Waals surface area contributed by atoms with Gasteiger partial charge in [0.15, 0.2) is 0 Å². The highest BCUT2D eigenvalue weighted by Crippen LogP contribution is 2.31. The van der Waals surface area contributed by atoms with E-state index >= 15 is 0 Å². The summed E-state index contributed by atoms with van der Waals surface area (Å²) in [5.74, 6) is 0.571. The van der Waals surface area contributed by atoms with Crippen LogP contribution in [0.25, 0.3) is 0 Å². The lowest BCUT2D eigenvalue weighted by atomic mass is 9.95. The van der Waals surface area contributed by atoms with Crippen molar-refractivity contribution in [2.24, 2.45) is 5.92 Å². The normalized spacial score (nSPS) is 19.9. The van der Waals surface area contributed by atoms with Crippen molar-refractivity contribution < 1.29 is 9.90 Å². The molecule has 2 rings (SSSR count). The Morgan fingerprint density at radius 2 is 2.33 bits per heavy atom. The van der Waals surface area contributed by atoms with Gasteiger partial charge in [-0.15, -0.1) is 0 Å². The lowest BCUT2D eigenvalue weighted by Crippen LogP contribution is -2.35. The van der Waals surface area contributed by atoms with Crippen LogP contribution in [0.4, 0.5) is 5.69 Å². The number of rotatable bonds is 4. The monoisotopic (exact) mass is 311 g/mol. The molecule has 0 aliphatic carbocycles. The fourth-order valence-corrected chi connectivity index (χ4v) is 3.20. The highest BCUT2D eigenvalue weighted by Gasteiger charge is 2.21. The highest BCUT2D eigenvalue weighted by atomic mass is 79.9. The van der Waals surface area contributed by atoms with Crippen LogP contribution in [-0.2, 0) is 0 Å². The van der Waals surface area contributed by atoms with Gasteiger partial charge in [-0.25, -0.2) is 0 Å². The Morgan fingerprint density at radius 1 is 1.50 bits per heavy atom. The van der Waals surface area contributed by atoms with E-state index in [0.717, 1.165) is 42.4 Å². The van der Waals surface area contributed by atoms with Crippen LogP contribution in [0.5, 0.6) is 0 Å². The number of piperidine rings is 1. The van der Waals surface area contributed by atoms with Gasteiger partial charge in [0.1, 0.15) is 6.29 Å². The van der Waals surface area contributed by atoms with Crippen LogP contribution < -0.4 is 4.90 Å². The second-order valence-electron chi connectivity index (χ2n) is 4.80. The molecule has 1 heterocycles. The zero-order valence-electron chi connectivity index (χ0n) is 10.3. The first-order valence-corrected chi connectivity index (χ1v) is 7.14. The van der Waals surface area contributed by atoms with Crippen LogP contribution >= 0.6 is 15.9 Å². The number of carbonyl (C=O) groups excluding carboxylic acids is 1. The molecule has 0 saturated carbocycles. The fraction of sp³-hybridized carbons (Fsp3) is 0.500. The SMILES string of the molecule is O=Cc1ccc(N2CCCC(CCO)C2)c(Br)c1. The predicted molar refractivity (Wildman–Crippen MR) is 76.2 cm³/mol. The van der Waals surface area contributed by atoms with E-state index in [2.05, 4.69) is 20.8 Å². The maximum absolute atomic E-state index is 10.7. The van der Waals surface area contributed by atoms with Crippen LogP contribution in [0.3, 0.4) is 0 Å². The van der Waals surface area contributed by atoms with Crippen LogP contribution in [0, 0.1) is 5.92 Å². The minimum absolute atomic E-state index is 0.268. The smallest absolute Gasteiger partial charge is 0.150 e. The summed E-state index contributed by atoms with van der Waals surface area (Å²) in [6, 6.07) is 5.70. The predicted octanol–water partition coefficient (Wildman–Crippen LogP) is 2.86. The van der Waals surface area contributed by atoms with Gasteiger partial charge in [0, 0.05) is 29.7 Å². The number of benzene rings is 1. The summed E-state index contributed by atoms with van der Waals surface area (Å²) in [4.78, 5) is 13.1. The Labute approximate surface area is 116 Å². The summed E-state index contributed by atoms with van der Waals surface area (Å²) in [6.07, 6.45) is 4.09. The first-order chi connectivity index (χ1) is 8.74. The number of aliphatic hydroxyl groups is 1.